The van der Waals surface area contributed by atoms with Crippen molar-refractivity contribution in [3.8, 4) is 0 Å². The standard InChI is InChI=1S/C15H16FN.C9H15NO.C5H13P/c1-3-4-13-7-6-12(10-17-13)14-9-11(2)5-8-15(14)16;1-6-8-9(3,4-5-10-8)7(2)11-6;1-5(2)6(3)4/h3-4,6-11H,5H2,1-2H3;6,8,10H,2,4-5H2,1,3H3;5H,1-4H3/b4-3+;;. The smallest absolute Gasteiger partial charge is 0.126 e. The van der Waals surface area contributed by atoms with Crippen LogP contribution in [-0.4, -0.2) is 42.7 Å². The maximum atomic E-state index is 13.7. The normalized spacial score (nSPS) is 28.0. The average molecular weight is 487 g/mol. The summed E-state index contributed by atoms with van der Waals surface area (Å²) in [6.45, 7) is 22.6. The summed E-state index contributed by atoms with van der Waals surface area (Å²) < 4.78 is 19.3. The Hall–Kier alpha value is -1.77. The van der Waals surface area contributed by atoms with Gasteiger partial charge in [0.05, 0.1) is 17.5 Å². The fourth-order valence-electron chi connectivity index (χ4n) is 4.19. The second-order valence-corrected chi connectivity index (χ2v) is 13.2. The predicted molar refractivity (Wildman–Crippen MR) is 148 cm³/mol. The van der Waals surface area contributed by atoms with E-state index in [4.69, 9.17) is 4.74 Å². The Kier molecular flexibility index (Phi) is 10.7. The Morgan fingerprint density at radius 3 is 2.50 bits per heavy atom. The van der Waals surface area contributed by atoms with E-state index in [1.807, 2.05) is 37.3 Å². The molecular weight excluding hydrogens is 442 g/mol. The molecule has 5 heteroatoms. The molecular formula is C29H44FN2OP. The van der Waals surface area contributed by atoms with Gasteiger partial charge in [-0.15, -0.1) is 7.92 Å². The summed E-state index contributed by atoms with van der Waals surface area (Å²) in [4.78, 5) is 4.28. The molecule has 4 unspecified atom stereocenters. The Morgan fingerprint density at radius 1 is 1.29 bits per heavy atom. The number of ether oxygens (including phenoxy) is 1. The highest BCUT2D eigenvalue weighted by Crippen LogP contribution is 2.46. The number of halogens is 1. The molecule has 0 bridgehead atoms. The van der Waals surface area contributed by atoms with E-state index in [-0.39, 0.29) is 11.2 Å². The number of rotatable bonds is 3. The Morgan fingerprint density at radius 2 is 1.97 bits per heavy atom. The average Bonchev–Trinajstić information content (AvgIpc) is 3.28. The van der Waals surface area contributed by atoms with Gasteiger partial charge in [-0.25, -0.2) is 4.39 Å². The number of nitrogens with zero attached hydrogens (tertiary/aromatic N) is 1. The lowest BCUT2D eigenvalue weighted by Gasteiger charge is -2.20. The molecule has 1 N–H and O–H groups in total. The van der Waals surface area contributed by atoms with Crippen molar-refractivity contribution < 1.29 is 9.13 Å². The van der Waals surface area contributed by atoms with Crippen LogP contribution < -0.4 is 5.32 Å². The quantitative estimate of drug-likeness (QED) is 0.442. The summed E-state index contributed by atoms with van der Waals surface area (Å²) in [5.74, 6) is 1.23. The van der Waals surface area contributed by atoms with E-state index in [0.717, 1.165) is 35.6 Å². The molecule has 4 rings (SSSR count). The molecule has 34 heavy (non-hydrogen) atoms. The van der Waals surface area contributed by atoms with Crippen LogP contribution in [-0.2, 0) is 4.74 Å². The van der Waals surface area contributed by atoms with Crippen molar-refractivity contribution in [2.24, 2.45) is 11.3 Å². The summed E-state index contributed by atoms with van der Waals surface area (Å²) in [7, 11) is 0.341. The highest BCUT2D eigenvalue weighted by molar-refractivity contribution is 7.56. The van der Waals surface area contributed by atoms with Gasteiger partial charge in [-0.1, -0.05) is 52.5 Å². The topological polar surface area (TPSA) is 34.1 Å². The minimum absolute atomic E-state index is 0.135. The van der Waals surface area contributed by atoms with E-state index in [1.165, 1.54) is 6.42 Å². The maximum Gasteiger partial charge on any atom is 0.126 e. The molecule has 2 fully saturated rings. The molecule has 2 aliphatic heterocycles. The van der Waals surface area contributed by atoms with Crippen molar-refractivity contribution in [1.29, 1.82) is 0 Å². The van der Waals surface area contributed by atoms with Crippen LogP contribution in [0.15, 0.2) is 54.7 Å². The second-order valence-electron chi connectivity index (χ2n) is 10.2. The first-order valence-corrected chi connectivity index (χ1v) is 14.7. The number of pyridine rings is 1. The molecule has 3 nitrogen and oxygen atoms in total. The van der Waals surface area contributed by atoms with Gasteiger partial charge in [0.25, 0.3) is 0 Å². The van der Waals surface area contributed by atoms with E-state index >= 15 is 0 Å². The Balaban J connectivity index is 0.000000205. The first-order chi connectivity index (χ1) is 16.0. The SMILES string of the molecule is C/C=C/c1ccc(C2=CC(C)CC=C2F)cn1.C=C1OC(C)C2NCCC12C.CC(C)P(C)C. The molecule has 188 valence electrons. The third kappa shape index (κ3) is 7.36. The number of aromatic nitrogens is 1. The summed E-state index contributed by atoms with van der Waals surface area (Å²) in [5, 5.41) is 3.45. The first kappa shape index (κ1) is 28.5. The van der Waals surface area contributed by atoms with Crippen LogP contribution >= 0.6 is 7.92 Å². The number of allylic oxidation sites excluding steroid dienone is 5. The van der Waals surface area contributed by atoms with Gasteiger partial charge in [0.2, 0.25) is 0 Å². The highest BCUT2D eigenvalue weighted by atomic mass is 31.1. The van der Waals surface area contributed by atoms with E-state index in [9.17, 15) is 4.39 Å². The molecule has 1 aliphatic carbocycles. The first-order valence-electron chi connectivity index (χ1n) is 12.4. The fraction of sp³-hybridized carbons (Fsp3) is 0.552. The molecule has 3 aliphatic rings. The summed E-state index contributed by atoms with van der Waals surface area (Å²) in [5.41, 5.74) is 3.53. The Labute approximate surface area is 208 Å². The zero-order chi connectivity index (χ0) is 25.5. The van der Waals surface area contributed by atoms with Crippen LogP contribution in [0.1, 0.15) is 65.6 Å². The van der Waals surface area contributed by atoms with Gasteiger partial charge < -0.3 is 10.1 Å². The van der Waals surface area contributed by atoms with Gasteiger partial charge in [-0.3, -0.25) is 4.98 Å². The monoisotopic (exact) mass is 486 g/mol. The number of hydrogen-bond donors (Lipinski definition) is 1. The maximum absolute atomic E-state index is 13.7. The molecule has 0 saturated carbocycles. The van der Waals surface area contributed by atoms with Crippen molar-refractivity contribution in [2.45, 2.75) is 72.2 Å². The molecule has 4 atom stereocenters. The lowest BCUT2D eigenvalue weighted by Crippen LogP contribution is -2.36. The molecule has 1 aromatic rings. The number of nitrogens with one attached hydrogen (secondary N) is 1. The van der Waals surface area contributed by atoms with Crippen LogP contribution in [0.3, 0.4) is 0 Å². The molecule has 0 amide bonds. The zero-order valence-electron chi connectivity index (χ0n) is 22.4. The van der Waals surface area contributed by atoms with Gasteiger partial charge in [-0.05, 0) is 76.4 Å². The van der Waals surface area contributed by atoms with Crippen LogP contribution in [0.25, 0.3) is 11.6 Å². The lowest BCUT2D eigenvalue weighted by atomic mass is 9.82. The van der Waals surface area contributed by atoms with E-state index in [0.29, 0.717) is 31.6 Å². The van der Waals surface area contributed by atoms with Gasteiger partial charge in [-0.2, -0.15) is 0 Å². The minimum atomic E-state index is -0.135. The van der Waals surface area contributed by atoms with E-state index in [1.54, 1.807) is 12.3 Å². The van der Waals surface area contributed by atoms with Crippen molar-refractivity contribution in [3.63, 3.8) is 0 Å². The van der Waals surface area contributed by atoms with Crippen LogP contribution in [0, 0.1) is 11.3 Å². The van der Waals surface area contributed by atoms with E-state index < -0.39 is 0 Å². The molecule has 3 heterocycles. The lowest BCUT2D eigenvalue weighted by molar-refractivity contribution is 0.158. The van der Waals surface area contributed by atoms with Crippen molar-refractivity contribution in [2.75, 3.05) is 19.9 Å². The molecule has 0 aromatic carbocycles. The summed E-state index contributed by atoms with van der Waals surface area (Å²) >= 11 is 0. The summed E-state index contributed by atoms with van der Waals surface area (Å²) in [6.07, 6.45) is 11.5. The Bertz CT molecular complexity index is 897. The molecule has 1 aromatic heterocycles. The zero-order valence-corrected chi connectivity index (χ0v) is 23.3. The van der Waals surface area contributed by atoms with Gasteiger partial charge in [0.1, 0.15) is 11.9 Å². The van der Waals surface area contributed by atoms with Crippen LogP contribution in [0.5, 0.6) is 0 Å². The largest absolute Gasteiger partial charge is 0.493 e. The second kappa shape index (κ2) is 12.8. The van der Waals surface area contributed by atoms with E-state index in [2.05, 4.69) is 64.8 Å². The molecule has 0 spiro atoms. The molecule has 0 radical (unpaired) electrons. The number of fused-ring (bicyclic) bond motifs is 1. The van der Waals surface area contributed by atoms with Crippen molar-refractivity contribution in [3.05, 3.63) is 66.0 Å². The fourth-order valence-corrected chi connectivity index (χ4v) is 4.19. The number of hydrogen-bond acceptors (Lipinski definition) is 3. The minimum Gasteiger partial charge on any atom is -0.493 e. The van der Waals surface area contributed by atoms with Crippen molar-refractivity contribution in [1.82, 2.24) is 10.3 Å². The highest BCUT2D eigenvalue weighted by Gasteiger charge is 2.51. The predicted octanol–water partition coefficient (Wildman–Crippen LogP) is 7.81. The molecule has 2 saturated heterocycles. The van der Waals surface area contributed by atoms with Crippen LogP contribution in [0.4, 0.5) is 4.39 Å². The van der Waals surface area contributed by atoms with Gasteiger partial charge >= 0.3 is 0 Å². The van der Waals surface area contributed by atoms with Crippen molar-refractivity contribution >= 4 is 19.6 Å². The van der Waals surface area contributed by atoms with Gasteiger partial charge in [0.15, 0.2) is 0 Å². The van der Waals surface area contributed by atoms with Gasteiger partial charge in [0, 0.05) is 22.7 Å². The third-order valence-electron chi connectivity index (χ3n) is 6.97. The van der Waals surface area contributed by atoms with Crippen LogP contribution in [0.2, 0.25) is 0 Å². The summed E-state index contributed by atoms with van der Waals surface area (Å²) in [6, 6.07) is 4.32. The third-order valence-corrected chi connectivity index (χ3v) is 9.04.